The number of aliphatic hydroxyl groups is 1. The van der Waals surface area contributed by atoms with Gasteiger partial charge in [0.05, 0.1) is 20.6 Å². The van der Waals surface area contributed by atoms with Crippen LogP contribution < -0.4 is 0 Å². The Balaban J connectivity index is 2.44. The van der Waals surface area contributed by atoms with Crippen LogP contribution in [0.4, 0.5) is 8.78 Å². The summed E-state index contributed by atoms with van der Waals surface area (Å²) < 4.78 is 28.1. The van der Waals surface area contributed by atoms with E-state index in [2.05, 4.69) is 10.1 Å². The summed E-state index contributed by atoms with van der Waals surface area (Å²) >= 11 is 0. The van der Waals surface area contributed by atoms with E-state index >= 15 is 0 Å². The van der Waals surface area contributed by atoms with Gasteiger partial charge in [0.25, 0.3) is 0 Å². The number of benzene rings is 1. The van der Waals surface area contributed by atoms with Crippen LogP contribution in [0.25, 0.3) is 5.84 Å². The Bertz CT molecular complexity index is 612. The molecule has 0 saturated heterocycles. The number of quaternary nitrogens is 1. The quantitative estimate of drug-likeness (QED) is 0.671. The second-order valence-electron chi connectivity index (χ2n) is 5.59. The van der Waals surface area contributed by atoms with Gasteiger partial charge in [-0.3, -0.25) is 0 Å². The smallest absolute Gasteiger partial charge is 0.160 e. The molecule has 21 heavy (non-hydrogen) atoms. The molecule has 1 aromatic heterocycles. The van der Waals surface area contributed by atoms with Gasteiger partial charge in [0.1, 0.15) is 30.8 Å². The molecule has 2 aromatic rings. The Morgan fingerprint density at radius 2 is 2.10 bits per heavy atom. The maximum Gasteiger partial charge on any atom is 0.160 e. The molecule has 1 atom stereocenters. The lowest BCUT2D eigenvalue weighted by Gasteiger charge is -2.41. The van der Waals surface area contributed by atoms with Crippen molar-refractivity contribution in [3.05, 3.63) is 53.9 Å². The molecule has 1 heterocycles. The third-order valence-electron chi connectivity index (χ3n) is 2.98. The van der Waals surface area contributed by atoms with E-state index in [1.165, 1.54) is 23.4 Å². The number of halogens is 2. The Hall–Kier alpha value is -1.90. The van der Waals surface area contributed by atoms with Gasteiger partial charge in [-0.2, -0.15) is 5.10 Å². The minimum Gasteiger partial charge on any atom is -0.468 e. The van der Waals surface area contributed by atoms with E-state index in [9.17, 15) is 13.9 Å². The third-order valence-corrected chi connectivity index (χ3v) is 2.98. The average molecular weight is 297 g/mol. The number of hydrogen-bond acceptors (Lipinski definition) is 3. The molecule has 6 nitrogen and oxygen atoms in total. The summed E-state index contributed by atoms with van der Waals surface area (Å²) in [5, 5.41) is 14.8. The molecule has 0 saturated carbocycles. The lowest BCUT2D eigenvalue weighted by molar-refractivity contribution is -0.849. The van der Waals surface area contributed by atoms with Crippen LogP contribution in [0.5, 0.6) is 0 Å². The number of nitrogens with zero attached hydrogens (tertiary/aromatic N) is 4. The zero-order chi connectivity index (χ0) is 15.7. The number of rotatable bonds is 5. The van der Waals surface area contributed by atoms with Gasteiger partial charge >= 0.3 is 0 Å². The zero-order valence-corrected chi connectivity index (χ0v) is 11.8. The highest BCUT2D eigenvalue weighted by molar-refractivity contribution is 5.25. The summed E-state index contributed by atoms with van der Waals surface area (Å²) in [4.78, 5) is 3.77. The van der Waals surface area contributed by atoms with Crippen molar-refractivity contribution in [1.82, 2.24) is 14.8 Å². The van der Waals surface area contributed by atoms with E-state index < -0.39 is 17.2 Å². The summed E-state index contributed by atoms with van der Waals surface area (Å²) in [5.41, 5.74) is -1.78. The van der Waals surface area contributed by atoms with Crippen LogP contribution >= 0.6 is 0 Å². The number of hydrogen-bond donors (Lipinski definition) is 1. The van der Waals surface area contributed by atoms with Gasteiger partial charge in [-0.05, 0) is 12.1 Å². The van der Waals surface area contributed by atoms with Gasteiger partial charge in [-0.25, -0.2) is 18.4 Å². The van der Waals surface area contributed by atoms with E-state index in [4.69, 9.17) is 5.84 Å². The second kappa shape index (κ2) is 5.47. The van der Waals surface area contributed by atoms with Crippen molar-refractivity contribution in [2.24, 2.45) is 0 Å². The molecular weight excluding hydrogens is 280 g/mol. The normalized spacial score (nSPS) is 15.0. The van der Waals surface area contributed by atoms with Gasteiger partial charge < -0.3 is 15.5 Å². The highest BCUT2D eigenvalue weighted by Crippen LogP contribution is 2.29. The first-order chi connectivity index (χ1) is 9.70. The lowest BCUT2D eigenvalue weighted by atomic mass is 9.92. The Morgan fingerprint density at radius 3 is 2.62 bits per heavy atom. The third kappa shape index (κ3) is 3.81. The monoisotopic (exact) mass is 297 g/mol. The minimum atomic E-state index is -1.71. The molecule has 1 aromatic carbocycles. The summed E-state index contributed by atoms with van der Waals surface area (Å²) in [6.07, 6.45) is 2.68. The van der Waals surface area contributed by atoms with Crippen molar-refractivity contribution in [2.75, 3.05) is 20.6 Å². The summed E-state index contributed by atoms with van der Waals surface area (Å²) in [7, 11) is 3.10. The van der Waals surface area contributed by atoms with E-state index in [-0.39, 0.29) is 23.2 Å². The standard InChI is InChI=1S/C13H17F2N5O/c1-20(2,16)7-13(21,6-19-9-17-8-18-19)11-4-3-10(14)5-12(11)15/h3-5,8-9,16,21H,6-7H2,1-2H3. The minimum absolute atomic E-state index is 0.0714. The van der Waals surface area contributed by atoms with Gasteiger partial charge in [-0.1, -0.05) is 0 Å². The Kier molecular flexibility index (Phi) is 4.04. The summed E-state index contributed by atoms with van der Waals surface area (Å²) in [6, 6.07) is 2.98. The first-order valence-corrected chi connectivity index (χ1v) is 6.28. The molecule has 0 radical (unpaired) electrons. The van der Waals surface area contributed by atoms with E-state index in [1.54, 1.807) is 14.1 Å². The molecule has 0 bridgehead atoms. The lowest BCUT2D eigenvalue weighted by Crippen LogP contribution is -2.48. The van der Waals surface area contributed by atoms with Gasteiger partial charge in [0, 0.05) is 11.6 Å². The van der Waals surface area contributed by atoms with Gasteiger partial charge in [-0.15, -0.1) is 0 Å². The summed E-state index contributed by atoms with van der Waals surface area (Å²) in [5.74, 6) is 6.34. The second-order valence-corrected chi connectivity index (χ2v) is 5.59. The largest absolute Gasteiger partial charge is 0.468 e. The molecule has 0 fully saturated rings. The van der Waals surface area contributed by atoms with Crippen LogP contribution in [0.1, 0.15) is 5.56 Å². The predicted molar refractivity (Wildman–Crippen MR) is 71.6 cm³/mol. The number of nitrogens with one attached hydrogen (secondary N) is 1. The molecule has 0 aliphatic carbocycles. The van der Waals surface area contributed by atoms with Gasteiger partial charge in [0.2, 0.25) is 0 Å². The average Bonchev–Trinajstić information content (AvgIpc) is 2.78. The molecule has 8 heteroatoms. The van der Waals surface area contributed by atoms with Crippen LogP contribution in [0.15, 0.2) is 30.9 Å². The molecule has 1 unspecified atom stereocenters. The molecule has 0 amide bonds. The fourth-order valence-electron chi connectivity index (χ4n) is 2.32. The Morgan fingerprint density at radius 1 is 1.38 bits per heavy atom. The highest BCUT2D eigenvalue weighted by Gasteiger charge is 2.37. The first-order valence-electron chi connectivity index (χ1n) is 6.28. The topological polar surface area (TPSA) is 74.7 Å². The van der Waals surface area contributed by atoms with Crippen molar-refractivity contribution in [2.45, 2.75) is 12.1 Å². The van der Waals surface area contributed by atoms with Crippen LogP contribution in [-0.2, 0) is 12.1 Å². The maximum atomic E-state index is 14.0. The molecule has 0 aliphatic heterocycles. The zero-order valence-electron chi connectivity index (χ0n) is 11.8. The van der Waals surface area contributed by atoms with E-state index in [0.29, 0.717) is 6.07 Å². The molecule has 2 N–H and O–H groups in total. The van der Waals surface area contributed by atoms with Crippen LogP contribution in [-0.4, -0.2) is 45.1 Å². The molecular formula is C13H17F2N5O. The van der Waals surface area contributed by atoms with Gasteiger partial charge in [0.15, 0.2) is 5.60 Å². The molecule has 2 rings (SSSR count). The molecule has 0 aliphatic rings. The number of likely N-dealkylation sites (N-methyl/N-ethyl adjacent to an activating group) is 1. The first kappa shape index (κ1) is 15.5. The Labute approximate surface area is 121 Å². The molecule has 114 valence electrons. The van der Waals surface area contributed by atoms with E-state index in [1.807, 2.05) is 0 Å². The number of aromatic nitrogens is 3. The van der Waals surface area contributed by atoms with Crippen molar-refractivity contribution >= 4 is 0 Å². The molecule has 0 spiro atoms. The van der Waals surface area contributed by atoms with Crippen LogP contribution in [0.2, 0.25) is 0 Å². The SMILES string of the molecule is C[N+](C)([NH-])CC(O)(Cn1cncn1)c1ccc(F)cc1F. The van der Waals surface area contributed by atoms with Crippen molar-refractivity contribution in [3.8, 4) is 0 Å². The van der Waals surface area contributed by atoms with Crippen LogP contribution in [0.3, 0.4) is 0 Å². The van der Waals surface area contributed by atoms with Crippen molar-refractivity contribution < 1.29 is 18.5 Å². The highest BCUT2D eigenvalue weighted by atomic mass is 19.1. The fourth-order valence-corrected chi connectivity index (χ4v) is 2.32. The fraction of sp³-hybridized carbons (Fsp3) is 0.385. The van der Waals surface area contributed by atoms with Crippen LogP contribution in [0, 0.1) is 11.6 Å². The van der Waals surface area contributed by atoms with Crippen molar-refractivity contribution in [3.63, 3.8) is 0 Å². The predicted octanol–water partition coefficient (Wildman–Crippen LogP) is 1.49. The van der Waals surface area contributed by atoms with E-state index in [0.717, 1.165) is 6.07 Å². The summed E-state index contributed by atoms with van der Waals surface area (Å²) in [6.45, 7) is -0.189. The van der Waals surface area contributed by atoms with Crippen molar-refractivity contribution in [1.29, 1.82) is 0 Å². The maximum absolute atomic E-state index is 14.0.